The summed E-state index contributed by atoms with van der Waals surface area (Å²) in [6.45, 7) is -0.867. The Labute approximate surface area is 174 Å². The summed E-state index contributed by atoms with van der Waals surface area (Å²) in [7, 11) is 0. The molecule has 0 aliphatic heterocycles. The number of nitrogens with zero attached hydrogens (tertiary/aromatic N) is 4. The molecule has 0 unspecified atom stereocenters. The fraction of sp³-hybridized carbons (Fsp3) is 0.111. The van der Waals surface area contributed by atoms with E-state index in [-0.39, 0.29) is 11.4 Å². The lowest BCUT2D eigenvalue weighted by Crippen LogP contribution is -2.28. The highest BCUT2D eigenvalue weighted by atomic mass is 16.6. The van der Waals surface area contributed by atoms with E-state index >= 15 is 0 Å². The Balaban J connectivity index is 1.65. The number of carbonyl (C=O) groups is 2. The van der Waals surface area contributed by atoms with Gasteiger partial charge in [0.1, 0.15) is 13.2 Å². The second kappa shape index (κ2) is 11.5. The maximum atomic E-state index is 11.6. The number of hydrogen-bond acceptors (Lipinski definition) is 9. The minimum atomic E-state index is -0.611. The van der Waals surface area contributed by atoms with Crippen molar-refractivity contribution in [3.8, 4) is 0 Å². The SMILES string of the molecule is O=C(COCC(=O)N/N=C/c1ccc([N+](=O)[O-])cc1)N/N=C/c1ccc([N+](=O)[O-])cc1. The molecule has 0 saturated heterocycles. The zero-order chi connectivity index (χ0) is 22.6. The Kier molecular flexibility index (Phi) is 8.43. The van der Waals surface area contributed by atoms with Crippen LogP contribution in [0.1, 0.15) is 11.1 Å². The van der Waals surface area contributed by atoms with Gasteiger partial charge in [0.15, 0.2) is 0 Å². The van der Waals surface area contributed by atoms with Gasteiger partial charge in [0.25, 0.3) is 23.2 Å². The van der Waals surface area contributed by atoms with Gasteiger partial charge in [0.2, 0.25) is 0 Å². The molecule has 31 heavy (non-hydrogen) atoms. The quantitative estimate of drug-likeness (QED) is 0.323. The predicted molar refractivity (Wildman–Crippen MR) is 108 cm³/mol. The first-order valence-corrected chi connectivity index (χ1v) is 8.55. The number of nitro benzene ring substituents is 2. The lowest BCUT2D eigenvalue weighted by molar-refractivity contribution is -0.385. The minimum absolute atomic E-state index is 0.0649. The van der Waals surface area contributed by atoms with Crippen LogP contribution in [0, 0.1) is 20.2 Å². The molecular formula is C18H16N6O7. The molecule has 0 saturated carbocycles. The average molecular weight is 428 g/mol. The Morgan fingerprint density at radius 2 is 1.13 bits per heavy atom. The number of non-ortho nitro benzene ring substituents is 2. The molecule has 0 atom stereocenters. The van der Waals surface area contributed by atoms with Crippen molar-refractivity contribution in [2.75, 3.05) is 13.2 Å². The van der Waals surface area contributed by atoms with Crippen LogP contribution in [-0.2, 0) is 14.3 Å². The number of amides is 2. The zero-order valence-electron chi connectivity index (χ0n) is 15.8. The Bertz CT molecular complexity index is 922. The number of ether oxygens (including phenoxy) is 1. The summed E-state index contributed by atoms with van der Waals surface area (Å²) in [6.07, 6.45) is 2.59. The van der Waals surface area contributed by atoms with Gasteiger partial charge < -0.3 is 4.74 Å². The molecule has 0 heterocycles. The predicted octanol–water partition coefficient (Wildman–Crippen LogP) is 1.12. The van der Waals surface area contributed by atoms with Gasteiger partial charge in [-0.1, -0.05) is 0 Å². The van der Waals surface area contributed by atoms with Crippen molar-refractivity contribution in [3.63, 3.8) is 0 Å². The van der Waals surface area contributed by atoms with E-state index < -0.39 is 34.9 Å². The van der Waals surface area contributed by atoms with E-state index in [2.05, 4.69) is 21.1 Å². The van der Waals surface area contributed by atoms with Crippen LogP contribution in [-0.4, -0.2) is 47.3 Å². The third-order valence-corrected chi connectivity index (χ3v) is 3.48. The van der Waals surface area contributed by atoms with Crippen LogP contribution < -0.4 is 10.9 Å². The van der Waals surface area contributed by atoms with Gasteiger partial charge in [-0.3, -0.25) is 29.8 Å². The van der Waals surface area contributed by atoms with E-state index in [0.717, 1.165) is 0 Å². The zero-order valence-corrected chi connectivity index (χ0v) is 15.8. The molecule has 13 heteroatoms. The highest BCUT2D eigenvalue weighted by molar-refractivity contribution is 5.84. The second-order valence-electron chi connectivity index (χ2n) is 5.78. The van der Waals surface area contributed by atoms with Gasteiger partial charge in [-0.25, -0.2) is 10.9 Å². The molecule has 0 bridgehead atoms. The molecule has 2 aromatic rings. The summed E-state index contributed by atoms with van der Waals surface area (Å²) >= 11 is 0. The van der Waals surface area contributed by atoms with Crippen molar-refractivity contribution >= 4 is 35.6 Å². The average Bonchev–Trinajstić information content (AvgIpc) is 2.74. The minimum Gasteiger partial charge on any atom is -0.362 e. The van der Waals surface area contributed by atoms with Crippen LogP contribution >= 0.6 is 0 Å². The smallest absolute Gasteiger partial charge is 0.269 e. The van der Waals surface area contributed by atoms with Crippen LogP contribution in [0.4, 0.5) is 11.4 Å². The Morgan fingerprint density at radius 1 is 0.774 bits per heavy atom. The van der Waals surface area contributed by atoms with Crippen LogP contribution in [0.2, 0.25) is 0 Å². The molecule has 2 N–H and O–H groups in total. The topological polar surface area (TPSA) is 178 Å². The summed E-state index contributed by atoms with van der Waals surface area (Å²) in [5, 5.41) is 28.5. The van der Waals surface area contributed by atoms with Gasteiger partial charge in [0.05, 0.1) is 22.3 Å². The van der Waals surface area contributed by atoms with E-state index in [4.69, 9.17) is 4.74 Å². The highest BCUT2D eigenvalue weighted by Crippen LogP contribution is 2.11. The Hall–Kier alpha value is -4.52. The molecule has 13 nitrogen and oxygen atoms in total. The number of rotatable bonds is 10. The van der Waals surface area contributed by atoms with Crippen molar-refractivity contribution in [1.82, 2.24) is 10.9 Å². The van der Waals surface area contributed by atoms with Gasteiger partial charge in [-0.05, 0) is 35.4 Å². The van der Waals surface area contributed by atoms with E-state index in [9.17, 15) is 29.8 Å². The summed E-state index contributed by atoms with van der Waals surface area (Å²) in [5.41, 5.74) is 5.31. The van der Waals surface area contributed by atoms with Gasteiger partial charge in [-0.2, -0.15) is 10.2 Å². The lowest BCUT2D eigenvalue weighted by Gasteiger charge is -2.02. The fourth-order valence-corrected chi connectivity index (χ4v) is 2.02. The van der Waals surface area contributed by atoms with E-state index in [1.54, 1.807) is 0 Å². The molecule has 160 valence electrons. The standard InChI is InChI=1S/C18H16N6O7/c25-17(21-19-9-13-1-5-15(6-2-13)23(27)28)11-31-12-18(26)22-20-10-14-3-7-16(8-4-14)24(29)30/h1-10H,11-12H2,(H,21,25)(H,22,26)/b19-9+,20-10+. The van der Waals surface area contributed by atoms with E-state index in [1.165, 1.54) is 61.0 Å². The van der Waals surface area contributed by atoms with Crippen molar-refractivity contribution in [3.05, 3.63) is 79.9 Å². The van der Waals surface area contributed by atoms with Crippen molar-refractivity contribution in [2.45, 2.75) is 0 Å². The number of benzene rings is 2. The van der Waals surface area contributed by atoms with Crippen LogP contribution in [0.5, 0.6) is 0 Å². The van der Waals surface area contributed by atoms with E-state index in [0.29, 0.717) is 11.1 Å². The highest BCUT2D eigenvalue weighted by Gasteiger charge is 2.05. The monoisotopic (exact) mass is 428 g/mol. The molecule has 0 aliphatic rings. The number of nitro groups is 2. The molecule has 0 radical (unpaired) electrons. The number of carbonyl (C=O) groups excluding carboxylic acids is 2. The van der Waals surface area contributed by atoms with E-state index in [1.807, 2.05) is 0 Å². The number of hydrazone groups is 2. The van der Waals surface area contributed by atoms with Crippen LogP contribution in [0.25, 0.3) is 0 Å². The molecule has 2 aromatic carbocycles. The van der Waals surface area contributed by atoms with Crippen molar-refractivity contribution in [2.24, 2.45) is 10.2 Å². The maximum absolute atomic E-state index is 11.6. The normalized spacial score (nSPS) is 10.8. The second-order valence-corrected chi connectivity index (χ2v) is 5.78. The molecule has 0 aromatic heterocycles. The third-order valence-electron chi connectivity index (χ3n) is 3.48. The molecule has 0 aliphatic carbocycles. The maximum Gasteiger partial charge on any atom is 0.269 e. The molecular weight excluding hydrogens is 412 g/mol. The van der Waals surface area contributed by atoms with Gasteiger partial charge >= 0.3 is 0 Å². The Morgan fingerprint density at radius 3 is 1.45 bits per heavy atom. The van der Waals surface area contributed by atoms with Gasteiger partial charge in [-0.15, -0.1) is 0 Å². The van der Waals surface area contributed by atoms with Gasteiger partial charge in [0, 0.05) is 24.3 Å². The molecule has 2 rings (SSSR count). The third kappa shape index (κ3) is 8.16. The lowest BCUT2D eigenvalue weighted by atomic mass is 10.2. The first kappa shape index (κ1) is 22.8. The summed E-state index contributed by atoms with van der Waals surface area (Å²) < 4.78 is 4.93. The largest absolute Gasteiger partial charge is 0.362 e. The molecule has 0 fully saturated rings. The number of hydrogen-bond donors (Lipinski definition) is 2. The number of nitrogens with one attached hydrogen (secondary N) is 2. The summed E-state index contributed by atoms with van der Waals surface area (Å²) in [4.78, 5) is 43.2. The first-order chi connectivity index (χ1) is 14.8. The van der Waals surface area contributed by atoms with Crippen LogP contribution in [0.3, 0.4) is 0 Å². The van der Waals surface area contributed by atoms with Crippen molar-refractivity contribution in [1.29, 1.82) is 0 Å². The van der Waals surface area contributed by atoms with Crippen molar-refractivity contribution < 1.29 is 24.2 Å². The summed E-state index contributed by atoms with van der Waals surface area (Å²) in [6, 6.07) is 11.1. The van der Waals surface area contributed by atoms with Crippen LogP contribution in [0.15, 0.2) is 58.7 Å². The summed E-state index contributed by atoms with van der Waals surface area (Å²) in [5.74, 6) is -1.22. The fourth-order valence-electron chi connectivity index (χ4n) is 2.02. The molecule has 2 amide bonds. The molecule has 0 spiro atoms. The first-order valence-electron chi connectivity index (χ1n) is 8.55.